The summed E-state index contributed by atoms with van der Waals surface area (Å²) >= 11 is 0. The number of anilines is 1. The molecule has 1 aliphatic heterocycles. The van der Waals surface area contributed by atoms with Gasteiger partial charge in [0.1, 0.15) is 5.82 Å². The van der Waals surface area contributed by atoms with Crippen molar-refractivity contribution in [1.29, 1.82) is 0 Å². The second-order valence-electron chi connectivity index (χ2n) is 6.07. The summed E-state index contributed by atoms with van der Waals surface area (Å²) in [6.45, 7) is 3.31. The molecule has 2 N–H and O–H groups in total. The van der Waals surface area contributed by atoms with E-state index in [1.807, 2.05) is 0 Å². The third-order valence-electron chi connectivity index (χ3n) is 4.02. The smallest absolute Gasteiger partial charge is 0.311 e. The van der Waals surface area contributed by atoms with Gasteiger partial charge in [-0.15, -0.1) is 0 Å². The molecular formula is C16H19FN2O4. The van der Waals surface area contributed by atoms with Gasteiger partial charge in [-0.2, -0.15) is 0 Å². The molecule has 1 atom stereocenters. The molecule has 7 heteroatoms. The topological polar surface area (TPSA) is 86.7 Å². The maximum absolute atomic E-state index is 14.0. The average molecular weight is 322 g/mol. The van der Waals surface area contributed by atoms with Crippen molar-refractivity contribution in [3.8, 4) is 0 Å². The van der Waals surface area contributed by atoms with Crippen molar-refractivity contribution in [1.82, 2.24) is 4.90 Å². The number of carbonyl (C=O) groups excluding carboxylic acids is 2. The van der Waals surface area contributed by atoms with Crippen LogP contribution in [0.2, 0.25) is 0 Å². The summed E-state index contributed by atoms with van der Waals surface area (Å²) in [4.78, 5) is 36.3. The molecule has 23 heavy (non-hydrogen) atoms. The molecule has 0 aromatic heterocycles. The van der Waals surface area contributed by atoms with E-state index >= 15 is 0 Å². The first kappa shape index (κ1) is 16.9. The molecular weight excluding hydrogens is 303 g/mol. The van der Waals surface area contributed by atoms with Crippen molar-refractivity contribution in [3.05, 3.63) is 29.6 Å². The predicted octanol–water partition coefficient (Wildman–Crippen LogP) is 2.11. The molecule has 1 heterocycles. The van der Waals surface area contributed by atoms with Crippen LogP contribution >= 0.6 is 0 Å². The van der Waals surface area contributed by atoms with Crippen LogP contribution in [0.5, 0.6) is 0 Å². The first-order valence-electron chi connectivity index (χ1n) is 7.33. The molecule has 1 fully saturated rings. The Labute approximate surface area is 133 Å². The number of halogens is 1. The van der Waals surface area contributed by atoms with Crippen LogP contribution in [0.3, 0.4) is 0 Å². The summed E-state index contributed by atoms with van der Waals surface area (Å²) in [6, 6.07) is 3.75. The first-order chi connectivity index (χ1) is 10.7. The highest BCUT2D eigenvalue weighted by molar-refractivity contribution is 5.97. The Kier molecular flexibility index (Phi) is 4.68. The third kappa shape index (κ3) is 3.67. The minimum atomic E-state index is -1.03. The van der Waals surface area contributed by atoms with Crippen LogP contribution in [0.1, 0.15) is 37.0 Å². The van der Waals surface area contributed by atoms with Crippen molar-refractivity contribution >= 4 is 23.5 Å². The van der Waals surface area contributed by atoms with Gasteiger partial charge in [0.25, 0.3) is 5.91 Å². The van der Waals surface area contributed by atoms with Gasteiger partial charge in [0.15, 0.2) is 0 Å². The number of amides is 2. The zero-order valence-corrected chi connectivity index (χ0v) is 13.1. The Balaban J connectivity index is 2.26. The molecule has 0 saturated carbocycles. The number of hydrogen-bond donors (Lipinski definition) is 2. The van der Waals surface area contributed by atoms with Gasteiger partial charge in [-0.25, -0.2) is 4.39 Å². The van der Waals surface area contributed by atoms with Gasteiger partial charge in [-0.05, 0) is 38.0 Å². The number of carboxylic acids is 1. The maximum Gasteiger partial charge on any atom is 0.311 e. The standard InChI is InChI=1S/C16H19FN2O4/c1-10(20)18-11-4-5-13(17)12(8-11)14(21)19-7-3-6-16(2,9-19)15(22)23/h4-5,8H,3,6-7,9H2,1-2H3,(H,18,20)(H,22,23). The quantitative estimate of drug-likeness (QED) is 0.892. The van der Waals surface area contributed by atoms with Crippen LogP contribution in [0.15, 0.2) is 18.2 Å². The fourth-order valence-electron chi connectivity index (χ4n) is 2.73. The lowest BCUT2D eigenvalue weighted by atomic mass is 9.82. The van der Waals surface area contributed by atoms with E-state index in [2.05, 4.69) is 5.32 Å². The first-order valence-corrected chi connectivity index (χ1v) is 7.33. The Morgan fingerprint density at radius 2 is 2.04 bits per heavy atom. The van der Waals surface area contributed by atoms with Gasteiger partial charge in [0.2, 0.25) is 5.91 Å². The lowest BCUT2D eigenvalue weighted by molar-refractivity contribution is -0.150. The number of hydrogen-bond acceptors (Lipinski definition) is 3. The Morgan fingerprint density at radius 1 is 1.35 bits per heavy atom. The molecule has 0 radical (unpaired) electrons. The Morgan fingerprint density at radius 3 is 2.65 bits per heavy atom. The highest BCUT2D eigenvalue weighted by Gasteiger charge is 2.39. The fraction of sp³-hybridized carbons (Fsp3) is 0.438. The van der Waals surface area contributed by atoms with Crippen LogP contribution < -0.4 is 5.32 Å². The summed E-state index contributed by atoms with van der Waals surface area (Å²) in [7, 11) is 0. The van der Waals surface area contributed by atoms with E-state index in [0.717, 1.165) is 6.07 Å². The molecule has 1 saturated heterocycles. The summed E-state index contributed by atoms with van der Waals surface area (Å²) in [6.07, 6.45) is 1.02. The van der Waals surface area contributed by atoms with E-state index in [9.17, 15) is 23.9 Å². The number of piperidine rings is 1. The van der Waals surface area contributed by atoms with Crippen LogP contribution in [0.4, 0.5) is 10.1 Å². The second kappa shape index (κ2) is 6.36. The molecule has 1 aliphatic rings. The van der Waals surface area contributed by atoms with Crippen molar-refractivity contribution in [2.45, 2.75) is 26.7 Å². The molecule has 1 unspecified atom stereocenters. The minimum Gasteiger partial charge on any atom is -0.481 e. The normalized spacial score (nSPS) is 20.9. The minimum absolute atomic E-state index is 0.0327. The van der Waals surface area contributed by atoms with Crippen LogP contribution in [-0.2, 0) is 9.59 Å². The largest absolute Gasteiger partial charge is 0.481 e. The van der Waals surface area contributed by atoms with Crippen molar-refractivity contribution in [3.63, 3.8) is 0 Å². The van der Waals surface area contributed by atoms with E-state index in [-0.39, 0.29) is 18.0 Å². The second-order valence-corrected chi connectivity index (χ2v) is 6.07. The van der Waals surface area contributed by atoms with E-state index in [1.165, 1.54) is 24.0 Å². The summed E-state index contributed by atoms with van der Waals surface area (Å²) in [5.74, 6) is -2.57. The molecule has 2 amide bonds. The zero-order chi connectivity index (χ0) is 17.2. The Bertz CT molecular complexity index is 661. The molecule has 1 aromatic rings. The fourth-order valence-corrected chi connectivity index (χ4v) is 2.73. The zero-order valence-electron chi connectivity index (χ0n) is 13.1. The highest BCUT2D eigenvalue weighted by Crippen LogP contribution is 2.31. The van der Waals surface area contributed by atoms with E-state index < -0.39 is 23.1 Å². The van der Waals surface area contributed by atoms with Crippen molar-refractivity contribution in [2.75, 3.05) is 18.4 Å². The number of carbonyl (C=O) groups is 3. The number of carboxylic acid groups (broad SMARTS) is 1. The van der Waals surface area contributed by atoms with Gasteiger partial charge in [0, 0.05) is 25.7 Å². The Hall–Kier alpha value is -2.44. The van der Waals surface area contributed by atoms with E-state index in [1.54, 1.807) is 6.92 Å². The lowest BCUT2D eigenvalue weighted by Gasteiger charge is -2.37. The molecule has 124 valence electrons. The number of nitrogens with zero attached hydrogens (tertiary/aromatic N) is 1. The van der Waals surface area contributed by atoms with E-state index in [0.29, 0.717) is 25.1 Å². The van der Waals surface area contributed by atoms with Crippen LogP contribution in [-0.4, -0.2) is 40.9 Å². The van der Waals surface area contributed by atoms with Gasteiger partial charge < -0.3 is 15.3 Å². The van der Waals surface area contributed by atoms with Crippen LogP contribution in [0, 0.1) is 11.2 Å². The van der Waals surface area contributed by atoms with Gasteiger partial charge >= 0.3 is 5.97 Å². The molecule has 0 spiro atoms. The molecule has 0 aliphatic carbocycles. The van der Waals surface area contributed by atoms with Gasteiger partial charge in [-0.3, -0.25) is 14.4 Å². The van der Waals surface area contributed by atoms with Crippen LogP contribution in [0.25, 0.3) is 0 Å². The monoisotopic (exact) mass is 322 g/mol. The summed E-state index contributed by atoms with van der Waals surface area (Å²) in [5, 5.41) is 11.8. The van der Waals surface area contributed by atoms with Gasteiger partial charge in [0.05, 0.1) is 11.0 Å². The number of rotatable bonds is 3. The predicted molar refractivity (Wildman–Crippen MR) is 81.6 cm³/mol. The lowest BCUT2D eigenvalue weighted by Crippen LogP contribution is -2.48. The van der Waals surface area contributed by atoms with Gasteiger partial charge in [-0.1, -0.05) is 0 Å². The number of aliphatic carboxylic acids is 1. The molecule has 6 nitrogen and oxygen atoms in total. The molecule has 0 bridgehead atoms. The average Bonchev–Trinajstić information content (AvgIpc) is 2.48. The van der Waals surface area contributed by atoms with E-state index in [4.69, 9.17) is 0 Å². The SMILES string of the molecule is CC(=O)Nc1ccc(F)c(C(=O)N2CCCC(C)(C(=O)O)C2)c1. The summed E-state index contributed by atoms with van der Waals surface area (Å²) in [5.41, 5.74) is -0.884. The van der Waals surface area contributed by atoms with Crippen molar-refractivity contribution < 1.29 is 23.9 Å². The number of likely N-dealkylation sites (tertiary alicyclic amines) is 1. The number of nitrogens with one attached hydrogen (secondary N) is 1. The summed E-state index contributed by atoms with van der Waals surface area (Å²) < 4.78 is 14.0. The van der Waals surface area contributed by atoms with Crippen molar-refractivity contribution in [2.24, 2.45) is 5.41 Å². The molecule has 2 rings (SSSR count). The highest BCUT2D eigenvalue weighted by atomic mass is 19.1. The maximum atomic E-state index is 14.0. The molecule has 1 aromatic carbocycles. The third-order valence-corrected chi connectivity index (χ3v) is 4.02. The number of benzene rings is 1.